The van der Waals surface area contributed by atoms with Crippen LogP contribution in [-0.2, 0) is 13.5 Å². The third kappa shape index (κ3) is 1.81. The minimum absolute atomic E-state index is 0.310. The van der Waals surface area contributed by atoms with Crippen molar-refractivity contribution in [2.45, 2.75) is 13.3 Å². The summed E-state index contributed by atoms with van der Waals surface area (Å²) >= 11 is 3.36. The SMILES string of the molecule is CCc1nn(C)c2c1nc(N)n2-c1ccc(F)cc1Br. The number of rotatable bonds is 2. The number of fused-ring (bicyclic) bond motifs is 1. The molecule has 2 N–H and O–H groups in total. The minimum atomic E-state index is -0.310. The highest BCUT2D eigenvalue weighted by Crippen LogP contribution is 2.30. The van der Waals surface area contributed by atoms with Gasteiger partial charge in [-0.2, -0.15) is 5.10 Å². The van der Waals surface area contributed by atoms with Gasteiger partial charge in [-0.1, -0.05) is 6.92 Å². The Kier molecular flexibility index (Phi) is 3.01. The summed E-state index contributed by atoms with van der Waals surface area (Å²) < 4.78 is 17.4. The molecule has 0 radical (unpaired) electrons. The molecule has 0 bridgehead atoms. The van der Waals surface area contributed by atoms with Gasteiger partial charge in [0.25, 0.3) is 0 Å². The van der Waals surface area contributed by atoms with E-state index in [1.54, 1.807) is 15.3 Å². The molecule has 0 amide bonds. The van der Waals surface area contributed by atoms with Crippen LogP contribution < -0.4 is 5.73 Å². The summed E-state index contributed by atoms with van der Waals surface area (Å²) in [5.41, 5.74) is 9.23. The lowest BCUT2D eigenvalue weighted by Gasteiger charge is -2.09. The van der Waals surface area contributed by atoms with Crippen LogP contribution in [0.25, 0.3) is 16.9 Å². The van der Waals surface area contributed by atoms with Crippen LogP contribution in [-0.4, -0.2) is 19.3 Å². The molecule has 0 unspecified atom stereocenters. The molecule has 20 heavy (non-hydrogen) atoms. The summed E-state index contributed by atoms with van der Waals surface area (Å²) in [6.07, 6.45) is 0.776. The van der Waals surface area contributed by atoms with Gasteiger partial charge in [0.2, 0.25) is 5.95 Å². The van der Waals surface area contributed by atoms with Gasteiger partial charge in [0, 0.05) is 11.5 Å². The highest BCUT2D eigenvalue weighted by molar-refractivity contribution is 9.10. The fourth-order valence-corrected chi connectivity index (χ4v) is 2.86. The van der Waals surface area contributed by atoms with E-state index >= 15 is 0 Å². The Morgan fingerprint density at radius 2 is 2.15 bits per heavy atom. The number of nitrogens with zero attached hydrogens (tertiary/aromatic N) is 4. The van der Waals surface area contributed by atoms with Gasteiger partial charge in [-0.05, 0) is 40.5 Å². The van der Waals surface area contributed by atoms with E-state index in [0.717, 1.165) is 29.0 Å². The van der Waals surface area contributed by atoms with Crippen LogP contribution in [0, 0.1) is 5.82 Å². The summed E-state index contributed by atoms with van der Waals surface area (Å²) in [6, 6.07) is 4.45. The molecule has 5 nitrogen and oxygen atoms in total. The summed E-state index contributed by atoms with van der Waals surface area (Å²) in [7, 11) is 1.84. The molecule has 0 aliphatic heterocycles. The zero-order valence-electron chi connectivity index (χ0n) is 11.1. The molecule has 0 fully saturated rings. The van der Waals surface area contributed by atoms with E-state index in [0.29, 0.717) is 10.4 Å². The van der Waals surface area contributed by atoms with Gasteiger partial charge in [-0.3, -0.25) is 4.57 Å². The lowest BCUT2D eigenvalue weighted by atomic mass is 10.3. The first-order valence-corrected chi connectivity index (χ1v) is 6.97. The molecular weight excluding hydrogens is 325 g/mol. The number of nitrogen functional groups attached to an aromatic ring is 1. The highest BCUT2D eigenvalue weighted by Gasteiger charge is 2.19. The molecule has 0 saturated carbocycles. The molecule has 104 valence electrons. The first kappa shape index (κ1) is 13.1. The Morgan fingerprint density at radius 1 is 1.40 bits per heavy atom. The van der Waals surface area contributed by atoms with Crippen molar-refractivity contribution in [3.05, 3.63) is 34.2 Å². The number of aromatic nitrogens is 4. The third-order valence-corrected chi connectivity index (χ3v) is 3.85. The number of halogens is 2. The molecule has 3 aromatic rings. The quantitative estimate of drug-likeness (QED) is 0.782. The monoisotopic (exact) mass is 337 g/mol. The molecule has 0 spiro atoms. The Balaban J connectivity index is 2.36. The van der Waals surface area contributed by atoms with E-state index in [1.807, 2.05) is 14.0 Å². The van der Waals surface area contributed by atoms with E-state index in [2.05, 4.69) is 26.0 Å². The standard InChI is InChI=1S/C13H13BrFN5/c1-3-9-11-12(19(2)18-9)20(13(16)17-11)10-5-4-7(15)6-8(10)14/h4-6H,3H2,1-2H3,(H2,16,17). The number of benzene rings is 1. The van der Waals surface area contributed by atoms with Crippen LogP contribution in [0.3, 0.4) is 0 Å². The van der Waals surface area contributed by atoms with E-state index in [-0.39, 0.29) is 5.82 Å². The second kappa shape index (κ2) is 4.59. The van der Waals surface area contributed by atoms with Gasteiger partial charge in [0.15, 0.2) is 5.65 Å². The van der Waals surface area contributed by atoms with Crippen molar-refractivity contribution in [3.63, 3.8) is 0 Å². The summed E-state index contributed by atoms with van der Waals surface area (Å²) in [5, 5.41) is 4.43. The average Bonchev–Trinajstić information content (AvgIpc) is 2.87. The van der Waals surface area contributed by atoms with Gasteiger partial charge in [0.05, 0.1) is 11.4 Å². The van der Waals surface area contributed by atoms with Crippen molar-refractivity contribution in [2.75, 3.05) is 5.73 Å². The maximum absolute atomic E-state index is 13.2. The minimum Gasteiger partial charge on any atom is -0.369 e. The number of imidazole rings is 1. The lowest BCUT2D eigenvalue weighted by Crippen LogP contribution is -2.05. The maximum Gasteiger partial charge on any atom is 0.207 e. The Bertz CT molecular complexity index is 805. The molecule has 3 rings (SSSR count). The van der Waals surface area contributed by atoms with Crippen molar-refractivity contribution in [1.29, 1.82) is 0 Å². The summed E-state index contributed by atoms with van der Waals surface area (Å²) in [6.45, 7) is 2.02. The number of anilines is 1. The van der Waals surface area contributed by atoms with E-state index < -0.39 is 0 Å². The van der Waals surface area contributed by atoms with Crippen LogP contribution in [0.2, 0.25) is 0 Å². The van der Waals surface area contributed by atoms with Crippen LogP contribution in [0.15, 0.2) is 22.7 Å². The molecule has 2 aromatic heterocycles. The van der Waals surface area contributed by atoms with Crippen molar-refractivity contribution in [1.82, 2.24) is 19.3 Å². The molecule has 0 aliphatic rings. The molecular formula is C13H13BrFN5. The largest absolute Gasteiger partial charge is 0.369 e. The van der Waals surface area contributed by atoms with Crippen LogP contribution in [0.5, 0.6) is 0 Å². The van der Waals surface area contributed by atoms with Gasteiger partial charge in [0.1, 0.15) is 11.3 Å². The number of hydrogen-bond acceptors (Lipinski definition) is 3. The lowest BCUT2D eigenvalue weighted by molar-refractivity contribution is 0.626. The molecule has 1 aromatic carbocycles. The highest BCUT2D eigenvalue weighted by atomic mass is 79.9. The fourth-order valence-electron chi connectivity index (χ4n) is 2.33. The Morgan fingerprint density at radius 3 is 2.80 bits per heavy atom. The normalized spacial score (nSPS) is 11.4. The Labute approximate surface area is 123 Å². The number of nitrogens with two attached hydrogens (primary N) is 1. The maximum atomic E-state index is 13.2. The van der Waals surface area contributed by atoms with E-state index in [1.165, 1.54) is 12.1 Å². The topological polar surface area (TPSA) is 61.7 Å². The summed E-state index contributed by atoms with van der Waals surface area (Å²) in [5.74, 6) is 0.0461. The first-order chi connectivity index (χ1) is 9.52. The van der Waals surface area contributed by atoms with Gasteiger partial charge < -0.3 is 5.73 Å². The predicted molar refractivity (Wildman–Crippen MR) is 79.3 cm³/mol. The third-order valence-electron chi connectivity index (χ3n) is 3.22. The van der Waals surface area contributed by atoms with Crippen molar-refractivity contribution < 1.29 is 4.39 Å². The second-order valence-corrected chi connectivity index (χ2v) is 5.35. The van der Waals surface area contributed by atoms with Gasteiger partial charge in [-0.25, -0.2) is 14.1 Å². The van der Waals surface area contributed by atoms with Crippen LogP contribution in [0.4, 0.5) is 10.3 Å². The van der Waals surface area contributed by atoms with E-state index in [4.69, 9.17) is 5.73 Å². The van der Waals surface area contributed by atoms with E-state index in [9.17, 15) is 4.39 Å². The van der Waals surface area contributed by atoms with Gasteiger partial charge >= 0.3 is 0 Å². The fraction of sp³-hybridized carbons (Fsp3) is 0.231. The van der Waals surface area contributed by atoms with Gasteiger partial charge in [-0.15, -0.1) is 0 Å². The first-order valence-electron chi connectivity index (χ1n) is 6.18. The van der Waals surface area contributed by atoms with Crippen molar-refractivity contribution in [3.8, 4) is 5.69 Å². The second-order valence-electron chi connectivity index (χ2n) is 4.50. The molecule has 2 heterocycles. The molecule has 0 atom stereocenters. The molecule has 7 heteroatoms. The zero-order chi connectivity index (χ0) is 14.4. The number of hydrogen-bond donors (Lipinski definition) is 1. The average molecular weight is 338 g/mol. The van der Waals surface area contributed by atoms with Crippen LogP contribution >= 0.6 is 15.9 Å². The smallest absolute Gasteiger partial charge is 0.207 e. The van der Waals surface area contributed by atoms with Crippen molar-refractivity contribution in [2.24, 2.45) is 7.05 Å². The summed E-state index contributed by atoms with van der Waals surface area (Å²) in [4.78, 5) is 4.39. The molecule has 0 aliphatic carbocycles. The van der Waals surface area contributed by atoms with Crippen molar-refractivity contribution >= 4 is 33.0 Å². The van der Waals surface area contributed by atoms with Crippen LogP contribution in [0.1, 0.15) is 12.6 Å². The Hall–Kier alpha value is -1.89. The molecule has 0 saturated heterocycles. The zero-order valence-corrected chi connectivity index (χ0v) is 12.6. The predicted octanol–water partition coefficient (Wildman–Crippen LogP) is 2.81. The number of aryl methyl sites for hydroxylation is 2.